The van der Waals surface area contributed by atoms with Gasteiger partial charge < -0.3 is 10.1 Å². The van der Waals surface area contributed by atoms with Crippen molar-refractivity contribution in [3.05, 3.63) is 142 Å². The molecule has 0 saturated carbocycles. The van der Waals surface area contributed by atoms with E-state index in [-0.39, 0.29) is 24.8 Å². The zero-order valence-corrected chi connectivity index (χ0v) is 25.8. The lowest BCUT2D eigenvalue weighted by atomic mass is 9.90. The molecule has 0 aliphatic carbocycles. The number of aromatic nitrogens is 3. The second-order valence-corrected chi connectivity index (χ2v) is 11.7. The quantitative estimate of drug-likeness (QED) is 0.181. The molecule has 1 atom stereocenters. The van der Waals surface area contributed by atoms with Crippen molar-refractivity contribution in [1.29, 1.82) is 0 Å². The number of rotatable bonds is 8. The first-order valence-corrected chi connectivity index (χ1v) is 15.5. The van der Waals surface area contributed by atoms with E-state index in [2.05, 4.69) is 4.98 Å². The van der Waals surface area contributed by atoms with Gasteiger partial charge in [-0.05, 0) is 35.9 Å². The number of halogens is 1. The van der Waals surface area contributed by atoms with E-state index >= 15 is 0 Å². The number of aromatic amines is 1. The van der Waals surface area contributed by atoms with Crippen molar-refractivity contribution < 1.29 is 14.7 Å². The molecule has 1 aliphatic heterocycles. The molecule has 0 spiro atoms. The number of amides is 1. The number of hydrogen-bond donors (Lipinski definition) is 2. The zero-order chi connectivity index (χ0) is 32.5. The molecule has 0 fully saturated rings. The molecule has 2 N–H and O–H groups in total. The van der Waals surface area contributed by atoms with Gasteiger partial charge in [-0.1, -0.05) is 90.5 Å². The van der Waals surface area contributed by atoms with Crippen LogP contribution in [0.4, 0.5) is 0 Å². The number of carbonyl (C=O) groups excluding carboxylic acids is 1. The summed E-state index contributed by atoms with van der Waals surface area (Å²) in [6.45, 7) is 0. The van der Waals surface area contributed by atoms with Crippen LogP contribution in [-0.4, -0.2) is 42.5 Å². The van der Waals surface area contributed by atoms with E-state index in [1.54, 1.807) is 22.9 Å². The highest BCUT2D eigenvalue weighted by Crippen LogP contribution is 2.41. The van der Waals surface area contributed by atoms with Gasteiger partial charge in [0, 0.05) is 51.7 Å². The molecule has 3 heterocycles. The molecule has 1 amide bonds. The highest BCUT2D eigenvalue weighted by molar-refractivity contribution is 6.31. The molecule has 2 aromatic heterocycles. The van der Waals surface area contributed by atoms with Crippen LogP contribution in [0.3, 0.4) is 0 Å². The van der Waals surface area contributed by atoms with Gasteiger partial charge >= 0.3 is 5.97 Å². The fourth-order valence-corrected chi connectivity index (χ4v) is 6.24. The van der Waals surface area contributed by atoms with Crippen molar-refractivity contribution in [3.8, 4) is 28.1 Å². The van der Waals surface area contributed by atoms with Crippen molar-refractivity contribution in [2.24, 2.45) is 5.10 Å². The van der Waals surface area contributed by atoms with Crippen LogP contribution >= 0.6 is 11.6 Å². The van der Waals surface area contributed by atoms with E-state index in [4.69, 9.17) is 21.8 Å². The Balaban J connectivity index is 1.43. The molecule has 4 aromatic carbocycles. The van der Waals surface area contributed by atoms with E-state index in [0.717, 1.165) is 22.2 Å². The molecular formula is C37H28ClN5O4. The van der Waals surface area contributed by atoms with Gasteiger partial charge in [0.2, 0.25) is 5.91 Å². The Morgan fingerprint density at radius 3 is 2.19 bits per heavy atom. The third-order valence-electron chi connectivity index (χ3n) is 8.22. The Kier molecular flexibility index (Phi) is 7.97. The first kappa shape index (κ1) is 29.9. The number of aliphatic carboxylic acids is 1. The lowest BCUT2D eigenvalue weighted by molar-refractivity contribution is -0.141. The average Bonchev–Trinajstić information content (AvgIpc) is 3.73. The molecule has 0 saturated heterocycles. The van der Waals surface area contributed by atoms with Gasteiger partial charge in [-0.3, -0.25) is 14.4 Å². The monoisotopic (exact) mass is 641 g/mol. The number of H-pyrrole nitrogens is 1. The number of benzene rings is 4. The summed E-state index contributed by atoms with van der Waals surface area (Å²) in [5.74, 6) is -1.56. The largest absolute Gasteiger partial charge is 0.481 e. The van der Waals surface area contributed by atoms with E-state index in [1.807, 2.05) is 97.2 Å². The summed E-state index contributed by atoms with van der Waals surface area (Å²) < 4.78 is 1.76. The third-order valence-corrected chi connectivity index (χ3v) is 8.45. The molecule has 6 aromatic rings. The minimum atomic E-state index is -1.09. The van der Waals surface area contributed by atoms with Crippen LogP contribution in [0.25, 0.3) is 39.0 Å². The summed E-state index contributed by atoms with van der Waals surface area (Å²) in [5, 5.41) is 21.7. The van der Waals surface area contributed by atoms with Crippen LogP contribution in [0.5, 0.6) is 0 Å². The molecule has 232 valence electrons. The van der Waals surface area contributed by atoms with Crippen LogP contribution in [-0.2, 0) is 9.59 Å². The number of carboxylic acids is 1. The summed E-state index contributed by atoms with van der Waals surface area (Å²) in [6.07, 6.45) is 1.45. The highest BCUT2D eigenvalue weighted by Gasteiger charge is 2.38. The number of carboxylic acid groups (broad SMARTS) is 1. The van der Waals surface area contributed by atoms with Gasteiger partial charge in [-0.2, -0.15) is 10.2 Å². The molecule has 9 nitrogen and oxygen atoms in total. The van der Waals surface area contributed by atoms with Gasteiger partial charge in [-0.25, -0.2) is 9.69 Å². The van der Waals surface area contributed by atoms with Crippen LogP contribution in [0.15, 0.2) is 125 Å². The Morgan fingerprint density at radius 1 is 0.851 bits per heavy atom. The Hall–Kier alpha value is -5.80. The number of fused-ring (bicyclic) bond motifs is 1. The first-order chi connectivity index (χ1) is 22.9. The minimum Gasteiger partial charge on any atom is -0.481 e. The molecule has 0 bridgehead atoms. The summed E-state index contributed by atoms with van der Waals surface area (Å²) in [6, 6.07) is 33.4. The molecular weight excluding hydrogens is 614 g/mol. The van der Waals surface area contributed by atoms with E-state index in [9.17, 15) is 19.5 Å². The van der Waals surface area contributed by atoms with E-state index in [1.165, 1.54) is 5.01 Å². The molecule has 1 aliphatic rings. The van der Waals surface area contributed by atoms with Gasteiger partial charge in [0.05, 0.1) is 35.1 Å². The van der Waals surface area contributed by atoms with E-state index in [0.29, 0.717) is 38.6 Å². The topological polar surface area (TPSA) is 121 Å². The van der Waals surface area contributed by atoms with Crippen LogP contribution in [0, 0.1) is 0 Å². The van der Waals surface area contributed by atoms with E-state index < -0.39 is 17.9 Å². The number of nitrogens with zero attached hydrogens (tertiary/aromatic N) is 4. The molecule has 47 heavy (non-hydrogen) atoms. The number of pyridine rings is 1. The highest BCUT2D eigenvalue weighted by atomic mass is 35.5. The van der Waals surface area contributed by atoms with Gasteiger partial charge in [0.1, 0.15) is 0 Å². The lowest BCUT2D eigenvalue weighted by Gasteiger charge is -2.21. The molecule has 0 radical (unpaired) electrons. The Labute approximate surface area is 274 Å². The zero-order valence-electron chi connectivity index (χ0n) is 25.0. The molecule has 10 heteroatoms. The Bertz CT molecular complexity index is 2210. The van der Waals surface area contributed by atoms with Gasteiger partial charge in [-0.15, -0.1) is 0 Å². The molecule has 0 unspecified atom stereocenters. The second-order valence-electron chi connectivity index (χ2n) is 11.2. The summed E-state index contributed by atoms with van der Waals surface area (Å²) >= 11 is 6.45. The van der Waals surface area contributed by atoms with Gasteiger partial charge in [0.15, 0.2) is 0 Å². The first-order valence-electron chi connectivity index (χ1n) is 15.1. The van der Waals surface area contributed by atoms with Crippen molar-refractivity contribution >= 4 is 40.1 Å². The van der Waals surface area contributed by atoms with Crippen molar-refractivity contribution in [1.82, 2.24) is 19.8 Å². The van der Waals surface area contributed by atoms with Crippen LogP contribution in [0.2, 0.25) is 5.02 Å². The number of carbonyl (C=O) groups is 2. The normalized spacial score (nSPS) is 14.4. The van der Waals surface area contributed by atoms with Crippen LogP contribution in [0.1, 0.15) is 36.4 Å². The number of hydrogen-bond acceptors (Lipinski definition) is 5. The third kappa shape index (κ3) is 5.84. The average molecular weight is 642 g/mol. The molecule has 7 rings (SSSR count). The summed E-state index contributed by atoms with van der Waals surface area (Å²) in [4.78, 5) is 42.2. The predicted octanol–water partition coefficient (Wildman–Crippen LogP) is 7.24. The fraction of sp³-hybridized carbons (Fsp3) is 0.108. The fourth-order valence-electron chi connectivity index (χ4n) is 6.07. The maximum atomic E-state index is 13.9. The van der Waals surface area contributed by atoms with Crippen LogP contribution < -0.4 is 5.56 Å². The predicted molar refractivity (Wildman–Crippen MR) is 182 cm³/mol. The van der Waals surface area contributed by atoms with Crippen molar-refractivity contribution in [3.63, 3.8) is 0 Å². The summed E-state index contributed by atoms with van der Waals surface area (Å²) in [5.41, 5.74) is 5.43. The second kappa shape index (κ2) is 12.5. The number of para-hydroxylation sites is 1. The van der Waals surface area contributed by atoms with Crippen molar-refractivity contribution in [2.45, 2.75) is 25.3 Å². The smallest absolute Gasteiger partial charge is 0.303 e. The number of nitrogens with one attached hydrogen (secondary N) is 1. The minimum absolute atomic E-state index is 0.189. The maximum absolute atomic E-state index is 13.9. The summed E-state index contributed by atoms with van der Waals surface area (Å²) in [7, 11) is 0. The standard InChI is InChI=1S/C37H28ClN5O4/c38-25-16-17-29-27(20-25)34(23-10-4-1-5-11-23)35(37(47)39-29)30-21-31(43(40-30)32(44)18-19-33(45)46)28-22-42(26-14-8-3-9-15-26)41-36(28)24-12-6-2-7-13-24/h1-17,20,22,31H,18-19,21H2,(H,39,47)(H,45,46)/t31-/m1/s1. The maximum Gasteiger partial charge on any atom is 0.303 e. The SMILES string of the molecule is O=C(O)CCC(=O)N1N=C(c2c(-c3ccccc3)c3cc(Cl)ccc3[nH]c2=O)C[C@@H]1c1cn(-c2ccccc2)nc1-c1ccccc1. The number of hydrazone groups is 1. The van der Waals surface area contributed by atoms with Gasteiger partial charge in [0.25, 0.3) is 5.56 Å². The van der Waals surface area contributed by atoms with Crippen molar-refractivity contribution in [2.75, 3.05) is 0 Å². The Morgan fingerprint density at radius 2 is 1.51 bits per heavy atom. The lowest BCUT2D eigenvalue weighted by Crippen LogP contribution is -2.27.